The zero-order valence-corrected chi connectivity index (χ0v) is 13.6. The number of nitrogens with zero attached hydrogens (tertiary/aromatic N) is 1. The Morgan fingerprint density at radius 2 is 2.10 bits per heavy atom. The van der Waals surface area contributed by atoms with Gasteiger partial charge in [0.1, 0.15) is 5.75 Å². The summed E-state index contributed by atoms with van der Waals surface area (Å²) in [6.07, 6.45) is 2.17. The Balaban J connectivity index is 2.76. The van der Waals surface area contributed by atoms with Crippen LogP contribution < -0.4 is 15.8 Å². The maximum atomic E-state index is 12.4. The smallest absolute Gasteiger partial charge is 0.241 e. The minimum absolute atomic E-state index is 0.0523. The van der Waals surface area contributed by atoms with Crippen LogP contribution in [0.2, 0.25) is 0 Å². The van der Waals surface area contributed by atoms with Crippen molar-refractivity contribution in [3.8, 4) is 5.75 Å². The van der Waals surface area contributed by atoms with Gasteiger partial charge in [0.2, 0.25) is 5.91 Å². The van der Waals surface area contributed by atoms with Crippen molar-refractivity contribution in [2.24, 2.45) is 0 Å². The number of methoxy groups -OCH3 is 1. The summed E-state index contributed by atoms with van der Waals surface area (Å²) in [6, 6.07) is 5.35. The van der Waals surface area contributed by atoms with Gasteiger partial charge in [0.15, 0.2) is 0 Å². The van der Waals surface area contributed by atoms with Crippen LogP contribution >= 0.6 is 0 Å². The maximum Gasteiger partial charge on any atom is 0.241 e. The third-order valence-electron chi connectivity index (χ3n) is 3.88. The van der Waals surface area contributed by atoms with Gasteiger partial charge in [-0.25, -0.2) is 0 Å². The van der Waals surface area contributed by atoms with Gasteiger partial charge in [-0.2, -0.15) is 0 Å². The van der Waals surface area contributed by atoms with E-state index in [1.54, 1.807) is 25.3 Å². The summed E-state index contributed by atoms with van der Waals surface area (Å²) < 4.78 is 5.24. The number of hydrogen-bond donors (Lipinski definition) is 2. The maximum absolute atomic E-state index is 12.4. The van der Waals surface area contributed by atoms with E-state index in [1.165, 1.54) is 0 Å². The van der Waals surface area contributed by atoms with Crippen LogP contribution in [0.25, 0.3) is 0 Å². The van der Waals surface area contributed by atoms with Crippen molar-refractivity contribution in [1.82, 2.24) is 4.90 Å². The molecule has 0 aliphatic rings. The summed E-state index contributed by atoms with van der Waals surface area (Å²) in [7, 11) is 3.54. The predicted octanol–water partition coefficient (Wildman–Crippen LogP) is 2.72. The first-order chi connectivity index (χ1) is 9.90. The number of nitrogen functional groups attached to an aromatic ring is 1. The quantitative estimate of drug-likeness (QED) is 0.759. The second kappa shape index (κ2) is 7.88. The molecule has 118 valence electrons. The largest absolute Gasteiger partial charge is 0.494 e. The molecule has 0 aromatic heterocycles. The van der Waals surface area contributed by atoms with Gasteiger partial charge in [0, 0.05) is 17.8 Å². The molecule has 3 N–H and O–H groups in total. The molecule has 0 spiro atoms. The van der Waals surface area contributed by atoms with Crippen molar-refractivity contribution in [3.05, 3.63) is 18.2 Å². The number of likely N-dealkylation sites (N-methyl/N-ethyl adjacent to an activating group) is 1. The monoisotopic (exact) mass is 293 g/mol. The number of rotatable bonds is 7. The Morgan fingerprint density at radius 1 is 1.43 bits per heavy atom. The van der Waals surface area contributed by atoms with E-state index < -0.39 is 0 Å². The molecular formula is C16H27N3O2. The molecule has 5 nitrogen and oxygen atoms in total. The summed E-state index contributed by atoms with van der Waals surface area (Å²) >= 11 is 0. The Bertz CT molecular complexity index is 477. The second-order valence-electron chi connectivity index (χ2n) is 5.43. The number of nitrogens with two attached hydrogens (primary N) is 1. The molecule has 1 aromatic rings. The standard InChI is InChI=1S/C16H27N3O2/c1-6-7-11(2)19(4)12(3)16(20)18-14-9-8-13(17)10-15(14)21-5/h8-12H,6-7,17H2,1-5H3,(H,18,20). The molecule has 21 heavy (non-hydrogen) atoms. The number of carbonyl (C=O) groups is 1. The van der Waals surface area contributed by atoms with Gasteiger partial charge in [-0.1, -0.05) is 13.3 Å². The van der Waals surface area contributed by atoms with E-state index in [2.05, 4.69) is 24.1 Å². The van der Waals surface area contributed by atoms with E-state index in [-0.39, 0.29) is 11.9 Å². The van der Waals surface area contributed by atoms with E-state index in [0.717, 1.165) is 12.8 Å². The molecular weight excluding hydrogens is 266 g/mol. The van der Waals surface area contributed by atoms with E-state index in [4.69, 9.17) is 10.5 Å². The van der Waals surface area contributed by atoms with Crippen molar-refractivity contribution >= 4 is 17.3 Å². The summed E-state index contributed by atoms with van der Waals surface area (Å²) in [4.78, 5) is 14.5. The summed E-state index contributed by atoms with van der Waals surface area (Å²) in [6.45, 7) is 6.19. The summed E-state index contributed by atoms with van der Waals surface area (Å²) in [5.74, 6) is 0.517. The summed E-state index contributed by atoms with van der Waals surface area (Å²) in [5, 5.41) is 2.91. The highest BCUT2D eigenvalue weighted by Gasteiger charge is 2.22. The molecule has 2 unspecified atom stereocenters. The highest BCUT2D eigenvalue weighted by molar-refractivity contribution is 5.96. The first-order valence-electron chi connectivity index (χ1n) is 7.37. The number of benzene rings is 1. The minimum atomic E-state index is -0.214. The molecule has 1 amide bonds. The van der Waals surface area contributed by atoms with Crippen LogP contribution in [0.5, 0.6) is 5.75 Å². The van der Waals surface area contributed by atoms with Crippen molar-refractivity contribution in [2.75, 3.05) is 25.2 Å². The van der Waals surface area contributed by atoms with Gasteiger partial charge in [0.25, 0.3) is 0 Å². The molecule has 0 bridgehead atoms. The topological polar surface area (TPSA) is 67.6 Å². The van der Waals surface area contributed by atoms with Gasteiger partial charge < -0.3 is 15.8 Å². The van der Waals surface area contributed by atoms with Crippen LogP contribution in [0, 0.1) is 0 Å². The lowest BCUT2D eigenvalue weighted by Crippen LogP contribution is -2.44. The summed E-state index contributed by atoms with van der Waals surface area (Å²) in [5.41, 5.74) is 6.96. The Labute approximate surface area is 127 Å². The molecule has 5 heteroatoms. The number of carbonyl (C=O) groups excluding carboxylic acids is 1. The fraction of sp³-hybridized carbons (Fsp3) is 0.562. The van der Waals surface area contributed by atoms with Gasteiger partial charge in [0.05, 0.1) is 18.8 Å². The lowest BCUT2D eigenvalue weighted by Gasteiger charge is -2.30. The minimum Gasteiger partial charge on any atom is -0.494 e. The first kappa shape index (κ1) is 17.3. The molecule has 1 aromatic carbocycles. The molecule has 0 aliphatic heterocycles. The lowest BCUT2D eigenvalue weighted by molar-refractivity contribution is -0.121. The van der Waals surface area contributed by atoms with Crippen LogP contribution in [0.3, 0.4) is 0 Å². The molecule has 0 saturated heterocycles. The average Bonchev–Trinajstić information content (AvgIpc) is 2.47. The first-order valence-corrected chi connectivity index (χ1v) is 7.37. The van der Waals surface area contributed by atoms with Crippen molar-refractivity contribution in [1.29, 1.82) is 0 Å². The average molecular weight is 293 g/mol. The van der Waals surface area contributed by atoms with Crippen molar-refractivity contribution in [2.45, 2.75) is 45.7 Å². The highest BCUT2D eigenvalue weighted by atomic mass is 16.5. The van der Waals surface area contributed by atoms with Crippen LogP contribution in [0.15, 0.2) is 18.2 Å². The number of nitrogens with one attached hydrogen (secondary N) is 1. The number of ether oxygens (including phenoxy) is 1. The van der Waals surface area contributed by atoms with E-state index in [0.29, 0.717) is 23.2 Å². The molecule has 1 rings (SSSR count). The Hall–Kier alpha value is -1.75. The fourth-order valence-electron chi connectivity index (χ4n) is 2.24. The number of hydrogen-bond acceptors (Lipinski definition) is 4. The predicted molar refractivity (Wildman–Crippen MR) is 87.6 cm³/mol. The zero-order chi connectivity index (χ0) is 16.0. The second-order valence-corrected chi connectivity index (χ2v) is 5.43. The van der Waals surface area contributed by atoms with Crippen LogP contribution in [-0.4, -0.2) is 37.0 Å². The Morgan fingerprint density at radius 3 is 2.67 bits per heavy atom. The van der Waals surface area contributed by atoms with Crippen molar-refractivity contribution in [3.63, 3.8) is 0 Å². The van der Waals surface area contributed by atoms with E-state index in [1.807, 2.05) is 14.0 Å². The molecule has 2 atom stereocenters. The highest BCUT2D eigenvalue weighted by Crippen LogP contribution is 2.27. The fourth-order valence-corrected chi connectivity index (χ4v) is 2.24. The zero-order valence-electron chi connectivity index (χ0n) is 13.6. The molecule has 0 radical (unpaired) electrons. The molecule has 0 aliphatic carbocycles. The SMILES string of the molecule is CCCC(C)N(C)C(C)C(=O)Nc1ccc(N)cc1OC. The third kappa shape index (κ3) is 4.63. The number of anilines is 2. The molecule has 0 heterocycles. The van der Waals surface area contributed by atoms with Gasteiger partial charge in [-0.3, -0.25) is 9.69 Å². The number of amides is 1. The van der Waals surface area contributed by atoms with Gasteiger partial charge in [-0.15, -0.1) is 0 Å². The third-order valence-corrected chi connectivity index (χ3v) is 3.88. The molecule has 0 saturated carbocycles. The van der Waals surface area contributed by atoms with Gasteiger partial charge in [-0.05, 0) is 39.4 Å². The van der Waals surface area contributed by atoms with Crippen LogP contribution in [0.1, 0.15) is 33.6 Å². The Kier molecular flexibility index (Phi) is 6.49. The van der Waals surface area contributed by atoms with Crippen LogP contribution in [-0.2, 0) is 4.79 Å². The molecule has 0 fully saturated rings. The lowest BCUT2D eigenvalue weighted by atomic mass is 10.1. The van der Waals surface area contributed by atoms with Gasteiger partial charge >= 0.3 is 0 Å². The van der Waals surface area contributed by atoms with Crippen molar-refractivity contribution < 1.29 is 9.53 Å². The van der Waals surface area contributed by atoms with E-state index >= 15 is 0 Å². The van der Waals surface area contributed by atoms with Crippen LogP contribution in [0.4, 0.5) is 11.4 Å². The normalized spacial score (nSPS) is 13.8. The van der Waals surface area contributed by atoms with E-state index in [9.17, 15) is 4.79 Å².